The van der Waals surface area contributed by atoms with Gasteiger partial charge in [0.1, 0.15) is 0 Å². The van der Waals surface area contributed by atoms with Gasteiger partial charge in [-0.25, -0.2) is 0 Å². The molecule has 1 aromatic carbocycles. The number of carbonyl (C=O) groups is 1. The normalized spacial score (nSPS) is 19.2. The van der Waals surface area contributed by atoms with Gasteiger partial charge in [-0.2, -0.15) is 0 Å². The molecule has 7 nitrogen and oxygen atoms in total. The molecule has 1 unspecified atom stereocenters. The summed E-state index contributed by atoms with van der Waals surface area (Å²) in [6.07, 6.45) is 2.90. The number of carboxylic acid groups (broad SMARTS) is 1. The maximum absolute atomic E-state index is 11.1. The van der Waals surface area contributed by atoms with E-state index in [9.17, 15) is 14.9 Å². The zero-order valence-corrected chi connectivity index (χ0v) is 14.3. The quantitative estimate of drug-likeness (QED) is 0.634. The Labute approximate surface area is 142 Å². The molecule has 0 radical (unpaired) electrons. The lowest BCUT2D eigenvalue weighted by Crippen LogP contribution is -2.36. The minimum atomic E-state index is -0.800. The molecule has 1 saturated heterocycles. The molecule has 24 heavy (non-hydrogen) atoms. The number of hydrogen-bond acceptors (Lipinski definition) is 5. The molecule has 0 bridgehead atoms. The number of nitro groups is 1. The summed E-state index contributed by atoms with van der Waals surface area (Å²) in [7, 11) is 1.86. The summed E-state index contributed by atoms with van der Waals surface area (Å²) < 4.78 is 0. The fraction of sp³-hybridized carbons (Fsp3) is 0.588. The van der Waals surface area contributed by atoms with Crippen LogP contribution in [0.2, 0.25) is 0 Å². The molecular weight excluding hydrogens is 310 g/mol. The van der Waals surface area contributed by atoms with Crippen LogP contribution in [0, 0.1) is 17.0 Å². The molecule has 0 amide bonds. The van der Waals surface area contributed by atoms with Crippen LogP contribution in [0.1, 0.15) is 30.4 Å². The van der Waals surface area contributed by atoms with Gasteiger partial charge in [-0.15, -0.1) is 0 Å². The van der Waals surface area contributed by atoms with Crippen LogP contribution in [0.5, 0.6) is 0 Å². The number of likely N-dealkylation sites (N-methyl/N-ethyl adjacent to an activating group) is 1. The molecule has 7 heteroatoms. The Morgan fingerprint density at radius 1 is 1.42 bits per heavy atom. The number of nitro benzene ring substituents is 1. The van der Waals surface area contributed by atoms with Gasteiger partial charge in [-0.1, -0.05) is 12.1 Å². The van der Waals surface area contributed by atoms with Gasteiger partial charge in [0, 0.05) is 24.2 Å². The number of likely N-dealkylation sites (tertiary alicyclic amines) is 1. The van der Waals surface area contributed by atoms with Gasteiger partial charge in [0.05, 0.1) is 11.5 Å². The van der Waals surface area contributed by atoms with Crippen molar-refractivity contribution in [3.05, 3.63) is 39.4 Å². The highest BCUT2D eigenvalue weighted by molar-refractivity contribution is 5.69. The lowest BCUT2D eigenvalue weighted by molar-refractivity contribution is -0.385. The Kier molecular flexibility index (Phi) is 6.28. The first kappa shape index (κ1) is 18.4. The van der Waals surface area contributed by atoms with Crippen LogP contribution in [0.25, 0.3) is 0 Å². The molecule has 0 aromatic heterocycles. The lowest BCUT2D eigenvalue weighted by Gasteiger charge is -2.25. The third kappa shape index (κ3) is 4.75. The Morgan fingerprint density at radius 3 is 2.83 bits per heavy atom. The third-order valence-electron chi connectivity index (χ3n) is 4.81. The highest BCUT2D eigenvalue weighted by Gasteiger charge is 2.22. The number of rotatable bonds is 6. The molecule has 1 fully saturated rings. The number of nitrogens with zero attached hydrogens (tertiary/aromatic N) is 3. The average molecular weight is 335 g/mol. The largest absolute Gasteiger partial charge is 0.480 e. The van der Waals surface area contributed by atoms with Crippen molar-refractivity contribution in [1.29, 1.82) is 0 Å². The van der Waals surface area contributed by atoms with Crippen molar-refractivity contribution in [1.82, 2.24) is 9.80 Å². The summed E-state index contributed by atoms with van der Waals surface area (Å²) in [5, 5.41) is 20.0. The van der Waals surface area contributed by atoms with E-state index in [1.165, 1.54) is 6.07 Å². The van der Waals surface area contributed by atoms with Crippen LogP contribution in [0.4, 0.5) is 5.69 Å². The van der Waals surface area contributed by atoms with Crippen LogP contribution in [-0.4, -0.2) is 58.5 Å². The Hall–Kier alpha value is -1.99. The minimum absolute atomic E-state index is 0.0641. The van der Waals surface area contributed by atoms with Gasteiger partial charge < -0.3 is 5.11 Å². The van der Waals surface area contributed by atoms with E-state index in [2.05, 4.69) is 4.90 Å². The maximum atomic E-state index is 11.1. The van der Waals surface area contributed by atoms with Crippen molar-refractivity contribution in [3.63, 3.8) is 0 Å². The number of aliphatic carboxylic acids is 1. The molecule has 1 atom stereocenters. The monoisotopic (exact) mass is 335 g/mol. The average Bonchev–Trinajstić information content (AvgIpc) is 2.74. The number of carboxylic acids is 1. The highest BCUT2D eigenvalue weighted by atomic mass is 16.6. The summed E-state index contributed by atoms with van der Waals surface area (Å²) in [6, 6.07) is 5.50. The van der Waals surface area contributed by atoms with Crippen LogP contribution in [0.3, 0.4) is 0 Å². The minimum Gasteiger partial charge on any atom is -0.480 e. The van der Waals surface area contributed by atoms with Gasteiger partial charge >= 0.3 is 5.97 Å². The summed E-state index contributed by atoms with van der Waals surface area (Å²) in [5.41, 5.74) is 1.88. The van der Waals surface area contributed by atoms with Crippen LogP contribution in [-0.2, 0) is 11.3 Å². The summed E-state index contributed by atoms with van der Waals surface area (Å²) in [6.45, 7) is 4.36. The Morgan fingerprint density at radius 2 is 2.17 bits per heavy atom. The zero-order valence-electron chi connectivity index (χ0n) is 14.3. The molecule has 132 valence electrons. The molecule has 1 aliphatic rings. The van der Waals surface area contributed by atoms with Crippen molar-refractivity contribution >= 4 is 11.7 Å². The van der Waals surface area contributed by atoms with Gasteiger partial charge in [0.25, 0.3) is 5.69 Å². The van der Waals surface area contributed by atoms with Crippen LogP contribution < -0.4 is 0 Å². The van der Waals surface area contributed by atoms with Gasteiger partial charge in [-0.3, -0.25) is 24.7 Å². The van der Waals surface area contributed by atoms with Crippen molar-refractivity contribution in [2.75, 3.05) is 26.7 Å². The second-order valence-electron chi connectivity index (χ2n) is 6.49. The topological polar surface area (TPSA) is 86.9 Å². The fourth-order valence-corrected chi connectivity index (χ4v) is 3.36. The Bertz CT molecular complexity index is 605. The van der Waals surface area contributed by atoms with E-state index in [0.717, 1.165) is 43.5 Å². The second-order valence-corrected chi connectivity index (χ2v) is 6.49. The Balaban J connectivity index is 1.99. The predicted molar refractivity (Wildman–Crippen MR) is 91.0 cm³/mol. The SMILES string of the molecule is Cc1c(CN2CCCC(N(C)CC(=O)O)CC2)cccc1[N+](=O)[O-]. The molecule has 2 rings (SSSR count). The molecule has 1 aliphatic heterocycles. The summed E-state index contributed by atoms with van der Waals surface area (Å²) in [5.74, 6) is -0.800. The number of benzene rings is 1. The van der Waals surface area contributed by atoms with Crippen LogP contribution >= 0.6 is 0 Å². The molecule has 1 heterocycles. The summed E-state index contributed by atoms with van der Waals surface area (Å²) in [4.78, 5) is 25.8. The van der Waals surface area contributed by atoms with Crippen molar-refractivity contribution in [3.8, 4) is 0 Å². The van der Waals surface area contributed by atoms with Gasteiger partial charge in [-0.05, 0) is 51.9 Å². The molecule has 0 aliphatic carbocycles. The molecule has 1 aromatic rings. The van der Waals surface area contributed by atoms with Crippen molar-refractivity contribution < 1.29 is 14.8 Å². The van der Waals surface area contributed by atoms with E-state index in [-0.39, 0.29) is 23.2 Å². The highest BCUT2D eigenvalue weighted by Crippen LogP contribution is 2.24. The van der Waals surface area contributed by atoms with E-state index in [1.54, 1.807) is 13.0 Å². The van der Waals surface area contributed by atoms with Crippen molar-refractivity contribution in [2.45, 2.75) is 38.8 Å². The van der Waals surface area contributed by atoms with Crippen molar-refractivity contribution in [2.24, 2.45) is 0 Å². The van der Waals surface area contributed by atoms with Gasteiger partial charge in [0.2, 0.25) is 0 Å². The zero-order chi connectivity index (χ0) is 17.7. The van der Waals surface area contributed by atoms with E-state index in [0.29, 0.717) is 6.54 Å². The standard InChI is InChI=1S/C17H25N3O4/c1-13-14(5-3-7-16(13)20(23)24)11-19-9-4-6-15(8-10-19)18(2)12-17(21)22/h3,5,7,15H,4,6,8-12H2,1-2H3,(H,21,22). The van der Waals surface area contributed by atoms with Gasteiger partial charge in [0.15, 0.2) is 0 Å². The first-order chi connectivity index (χ1) is 11.4. The maximum Gasteiger partial charge on any atom is 0.317 e. The molecule has 0 spiro atoms. The molecular formula is C17H25N3O4. The molecule has 0 saturated carbocycles. The van der Waals surface area contributed by atoms with E-state index in [1.807, 2.05) is 18.0 Å². The van der Waals surface area contributed by atoms with E-state index in [4.69, 9.17) is 5.11 Å². The lowest BCUT2D eigenvalue weighted by atomic mass is 10.1. The fourth-order valence-electron chi connectivity index (χ4n) is 3.36. The third-order valence-corrected chi connectivity index (χ3v) is 4.81. The molecule has 1 N–H and O–H groups in total. The predicted octanol–water partition coefficient (Wildman–Crippen LogP) is 2.27. The smallest absolute Gasteiger partial charge is 0.317 e. The first-order valence-corrected chi connectivity index (χ1v) is 8.25. The van der Waals surface area contributed by atoms with E-state index < -0.39 is 5.97 Å². The second kappa shape index (κ2) is 8.21. The number of hydrogen-bond donors (Lipinski definition) is 1. The van der Waals surface area contributed by atoms with E-state index >= 15 is 0 Å². The van der Waals surface area contributed by atoms with Crippen LogP contribution in [0.15, 0.2) is 18.2 Å². The first-order valence-electron chi connectivity index (χ1n) is 8.25. The summed E-state index contributed by atoms with van der Waals surface area (Å²) >= 11 is 0.